The molecule has 4 N–H and O–H groups in total. The number of nitrogens with two attached hydrogens (primary N) is 1. The van der Waals surface area contributed by atoms with E-state index in [1.807, 2.05) is 0 Å². The number of halogens is 1. The van der Waals surface area contributed by atoms with Gasteiger partial charge < -0.3 is 10.9 Å². The number of benzene rings is 1. The number of hydrogen-bond donors (Lipinski definition) is 3. The molecule has 0 spiro atoms. The smallest absolute Gasteiger partial charge is 0.233 e. The number of hydrogen-bond acceptors (Lipinski definition) is 4. The monoisotopic (exact) mass is 303 g/mol. The number of nitrogens with one attached hydrogen (secondary N) is 1. The molecule has 0 heterocycles. The van der Waals surface area contributed by atoms with Gasteiger partial charge in [0.05, 0.1) is 11.4 Å². The van der Waals surface area contributed by atoms with Crippen LogP contribution in [0, 0.1) is 11.2 Å². The third kappa shape index (κ3) is 4.69. The molecular weight excluding hydrogens is 285 g/mol. The Labute approximate surface area is 117 Å². The van der Waals surface area contributed by atoms with Crippen LogP contribution in [0.3, 0.4) is 0 Å². The van der Waals surface area contributed by atoms with Gasteiger partial charge in [0.1, 0.15) is 5.82 Å². The molecule has 0 saturated heterocycles. The van der Waals surface area contributed by atoms with Crippen LogP contribution in [0.25, 0.3) is 0 Å². The second kappa shape index (κ2) is 5.66. The second-order valence-corrected chi connectivity index (χ2v) is 7.32. The molecule has 1 aromatic rings. The number of nitrogens with zero attached hydrogens (tertiary/aromatic N) is 1. The Morgan fingerprint density at radius 3 is 2.50 bits per heavy atom. The maximum absolute atomic E-state index is 13.8. The summed E-state index contributed by atoms with van der Waals surface area (Å²) in [5.41, 5.74) is 4.85. The summed E-state index contributed by atoms with van der Waals surface area (Å²) in [6.45, 7) is 5.30. The zero-order valence-corrected chi connectivity index (χ0v) is 12.3. The van der Waals surface area contributed by atoms with Crippen molar-refractivity contribution in [1.82, 2.24) is 0 Å². The first kappa shape index (κ1) is 16.2. The van der Waals surface area contributed by atoms with Crippen LogP contribution in [0.2, 0.25) is 0 Å². The molecule has 0 aliphatic heterocycles. The van der Waals surface area contributed by atoms with Gasteiger partial charge in [-0.05, 0) is 23.6 Å². The van der Waals surface area contributed by atoms with Crippen molar-refractivity contribution in [3.8, 4) is 0 Å². The molecule has 0 atom stereocenters. The van der Waals surface area contributed by atoms with Crippen LogP contribution in [0.5, 0.6) is 0 Å². The first-order valence-electron chi connectivity index (χ1n) is 5.82. The molecule has 0 aliphatic rings. The van der Waals surface area contributed by atoms with Gasteiger partial charge in [0.15, 0.2) is 5.84 Å². The Balaban J connectivity index is 3.00. The van der Waals surface area contributed by atoms with Crippen molar-refractivity contribution >= 4 is 21.5 Å². The number of oxime groups is 1. The minimum atomic E-state index is -3.65. The van der Waals surface area contributed by atoms with Crippen molar-refractivity contribution in [2.75, 3.05) is 10.5 Å². The van der Waals surface area contributed by atoms with E-state index < -0.39 is 21.3 Å². The molecule has 0 amide bonds. The Bertz CT molecular complexity index is 621. The standard InChI is InChI=1S/C12H18FN3O3S/c1-12(2,3)7-20(18,19)16-10-5-4-8(6-9(10)13)11(14)15-17/h4-6,16-17H,7H2,1-3H3,(H2,14,15). The maximum atomic E-state index is 13.8. The van der Waals surface area contributed by atoms with Crippen molar-refractivity contribution in [3.05, 3.63) is 29.6 Å². The van der Waals surface area contributed by atoms with Gasteiger partial charge in [0.2, 0.25) is 10.0 Å². The van der Waals surface area contributed by atoms with E-state index >= 15 is 0 Å². The zero-order valence-electron chi connectivity index (χ0n) is 11.5. The van der Waals surface area contributed by atoms with E-state index in [9.17, 15) is 12.8 Å². The highest BCUT2D eigenvalue weighted by Gasteiger charge is 2.22. The summed E-state index contributed by atoms with van der Waals surface area (Å²) in [5, 5.41) is 11.2. The highest BCUT2D eigenvalue weighted by Crippen LogP contribution is 2.21. The Morgan fingerprint density at radius 2 is 2.05 bits per heavy atom. The predicted octanol–water partition coefficient (Wildman–Crippen LogP) is 1.71. The third-order valence-corrected chi connectivity index (χ3v) is 4.04. The molecule has 8 heteroatoms. The fraction of sp³-hybridized carbons (Fsp3) is 0.417. The quantitative estimate of drug-likeness (QED) is 0.341. The molecule has 0 radical (unpaired) electrons. The van der Waals surface area contributed by atoms with Gasteiger partial charge in [-0.25, -0.2) is 12.8 Å². The van der Waals surface area contributed by atoms with Gasteiger partial charge in [-0.3, -0.25) is 4.72 Å². The normalized spacial score (nSPS) is 13.3. The van der Waals surface area contributed by atoms with Crippen LogP contribution in [0.1, 0.15) is 26.3 Å². The minimum absolute atomic E-state index is 0.137. The highest BCUT2D eigenvalue weighted by molar-refractivity contribution is 7.92. The summed E-state index contributed by atoms with van der Waals surface area (Å²) < 4.78 is 39.7. The van der Waals surface area contributed by atoms with Crippen LogP contribution < -0.4 is 10.5 Å². The number of sulfonamides is 1. The lowest BCUT2D eigenvalue weighted by atomic mass is 10.0. The Hall–Kier alpha value is -1.83. The summed E-state index contributed by atoms with van der Waals surface area (Å²) >= 11 is 0. The topological polar surface area (TPSA) is 105 Å². The molecule has 0 saturated carbocycles. The largest absolute Gasteiger partial charge is 0.409 e. The van der Waals surface area contributed by atoms with E-state index in [4.69, 9.17) is 10.9 Å². The van der Waals surface area contributed by atoms with Crippen molar-refractivity contribution < 1.29 is 18.0 Å². The number of amidine groups is 1. The molecule has 0 unspecified atom stereocenters. The molecule has 0 fully saturated rings. The van der Waals surface area contributed by atoms with Crippen molar-refractivity contribution in [3.63, 3.8) is 0 Å². The van der Waals surface area contributed by atoms with Crippen molar-refractivity contribution in [2.24, 2.45) is 16.3 Å². The van der Waals surface area contributed by atoms with E-state index in [-0.39, 0.29) is 22.8 Å². The summed E-state index contributed by atoms with van der Waals surface area (Å²) in [6.07, 6.45) is 0. The highest BCUT2D eigenvalue weighted by atomic mass is 32.2. The van der Waals surface area contributed by atoms with Crippen LogP contribution in [-0.4, -0.2) is 25.2 Å². The predicted molar refractivity (Wildman–Crippen MR) is 75.8 cm³/mol. The molecule has 6 nitrogen and oxygen atoms in total. The molecule has 1 aromatic carbocycles. The minimum Gasteiger partial charge on any atom is -0.409 e. The van der Waals surface area contributed by atoms with Gasteiger partial charge in [-0.15, -0.1) is 0 Å². The third-order valence-electron chi connectivity index (χ3n) is 2.26. The fourth-order valence-corrected chi connectivity index (χ4v) is 3.30. The van der Waals surface area contributed by atoms with E-state index in [0.29, 0.717) is 0 Å². The van der Waals surface area contributed by atoms with Crippen LogP contribution >= 0.6 is 0 Å². The van der Waals surface area contributed by atoms with Gasteiger partial charge in [-0.1, -0.05) is 25.9 Å². The van der Waals surface area contributed by atoms with Gasteiger partial charge in [0.25, 0.3) is 0 Å². The molecule has 112 valence electrons. The molecule has 0 aromatic heterocycles. The van der Waals surface area contributed by atoms with Gasteiger partial charge >= 0.3 is 0 Å². The Morgan fingerprint density at radius 1 is 1.45 bits per heavy atom. The zero-order chi connectivity index (χ0) is 15.6. The second-order valence-electron chi connectivity index (χ2n) is 5.60. The molecule has 0 aliphatic carbocycles. The number of rotatable bonds is 4. The van der Waals surface area contributed by atoms with Crippen LogP contribution in [0.4, 0.5) is 10.1 Å². The number of anilines is 1. The SMILES string of the molecule is CC(C)(C)CS(=O)(=O)Nc1ccc(/C(N)=N/O)cc1F. The Kier molecular flexibility index (Phi) is 4.59. The van der Waals surface area contributed by atoms with Crippen LogP contribution in [0.15, 0.2) is 23.4 Å². The lowest BCUT2D eigenvalue weighted by Crippen LogP contribution is -2.26. The summed E-state index contributed by atoms with van der Waals surface area (Å²) in [6, 6.07) is 3.57. The summed E-state index contributed by atoms with van der Waals surface area (Å²) in [7, 11) is -3.65. The van der Waals surface area contributed by atoms with Crippen molar-refractivity contribution in [2.45, 2.75) is 20.8 Å². The fourth-order valence-electron chi connectivity index (χ4n) is 1.59. The first-order valence-corrected chi connectivity index (χ1v) is 7.47. The lowest BCUT2D eigenvalue weighted by molar-refractivity contribution is 0.318. The summed E-state index contributed by atoms with van der Waals surface area (Å²) in [4.78, 5) is 0. The van der Waals surface area contributed by atoms with Gasteiger partial charge in [0, 0.05) is 5.56 Å². The van der Waals surface area contributed by atoms with E-state index in [0.717, 1.165) is 6.07 Å². The van der Waals surface area contributed by atoms with Crippen LogP contribution in [-0.2, 0) is 10.0 Å². The first-order chi connectivity index (χ1) is 9.04. The molecule has 0 bridgehead atoms. The van der Waals surface area contributed by atoms with E-state index in [1.165, 1.54) is 12.1 Å². The van der Waals surface area contributed by atoms with Gasteiger partial charge in [-0.2, -0.15) is 0 Å². The average molecular weight is 303 g/mol. The average Bonchev–Trinajstić information content (AvgIpc) is 2.27. The summed E-state index contributed by atoms with van der Waals surface area (Å²) in [5.74, 6) is -1.19. The molecule has 1 rings (SSSR count). The van der Waals surface area contributed by atoms with E-state index in [1.54, 1.807) is 20.8 Å². The van der Waals surface area contributed by atoms with E-state index in [2.05, 4.69) is 9.88 Å². The molecule has 20 heavy (non-hydrogen) atoms. The molecular formula is C12H18FN3O3S. The maximum Gasteiger partial charge on any atom is 0.233 e. The van der Waals surface area contributed by atoms with Crippen molar-refractivity contribution in [1.29, 1.82) is 0 Å². The lowest BCUT2D eigenvalue weighted by Gasteiger charge is -2.19.